The number of nitrogens with two attached hydrogens (primary N) is 1. The Bertz CT molecular complexity index is 2490. The minimum absolute atomic E-state index is 0.00600. The molecule has 21 heteroatoms. The van der Waals surface area contributed by atoms with Crippen LogP contribution < -0.4 is 14.8 Å². The minimum Gasteiger partial charge on any atom is -0.390 e. The molecule has 0 spiro atoms. The molecule has 0 aliphatic rings. The zero-order valence-electron chi connectivity index (χ0n) is 28.9. The van der Waals surface area contributed by atoms with Crippen molar-refractivity contribution in [1.29, 1.82) is 0 Å². The van der Waals surface area contributed by atoms with Crippen molar-refractivity contribution in [3.05, 3.63) is 89.5 Å². The van der Waals surface area contributed by atoms with Crippen molar-refractivity contribution in [1.82, 2.24) is 0 Å². The topological polar surface area (TPSA) is 110 Å². The van der Waals surface area contributed by atoms with Crippen LogP contribution in [-0.2, 0) is 20.0 Å². The van der Waals surface area contributed by atoms with Gasteiger partial charge in [-0.1, -0.05) is 54.6 Å². The molecule has 0 radical (unpaired) electrons. The molecule has 3 heterocycles. The third-order valence-corrected chi connectivity index (χ3v) is 14.4. The highest BCUT2D eigenvalue weighted by Crippen LogP contribution is 2.42. The molecule has 6 aromatic rings. The Morgan fingerprint density at radius 3 is 1.51 bits per heavy atom. The SMILES string of the molecule is Cc1c(N(CCCCC(F)(F)F)S(=O)(=O)C(F)(F)F)sc2ccccc12.Cc1c(N)sc2ccccc12.Cc1c(NS(=O)(=O)C(F)(F)F)sc2ccccc12. The molecule has 0 fully saturated rings. The number of benzene rings is 3. The molecule has 3 N–H and O–H groups in total. The summed E-state index contributed by atoms with van der Waals surface area (Å²) in [6.45, 7) is 4.45. The van der Waals surface area contributed by atoms with E-state index in [1.165, 1.54) is 22.6 Å². The average Bonchev–Trinajstić information content (AvgIpc) is 3.69. The van der Waals surface area contributed by atoms with Gasteiger partial charge in [-0.2, -0.15) is 56.3 Å². The summed E-state index contributed by atoms with van der Waals surface area (Å²) in [6, 6.07) is 21.8. The van der Waals surface area contributed by atoms with Crippen molar-refractivity contribution < 1.29 is 56.3 Å². The molecular weight excluding hydrogens is 846 g/mol. The van der Waals surface area contributed by atoms with Crippen molar-refractivity contribution in [3.63, 3.8) is 0 Å². The molecule has 300 valence electrons. The smallest absolute Gasteiger partial charge is 0.390 e. The predicted molar refractivity (Wildman–Crippen MR) is 205 cm³/mol. The van der Waals surface area contributed by atoms with Gasteiger partial charge in [0.1, 0.15) is 10.0 Å². The predicted octanol–water partition coefficient (Wildman–Crippen LogP) is 11.9. The number of nitrogens with one attached hydrogen (secondary N) is 1. The molecular formula is C34H32F9N3O4S5. The number of fused-ring (bicyclic) bond motifs is 3. The number of aryl methyl sites for hydroxylation is 3. The van der Waals surface area contributed by atoms with Crippen molar-refractivity contribution >= 4 is 99.3 Å². The molecule has 6 rings (SSSR count). The van der Waals surface area contributed by atoms with Crippen LogP contribution in [0.2, 0.25) is 0 Å². The molecule has 7 nitrogen and oxygen atoms in total. The van der Waals surface area contributed by atoms with Crippen molar-refractivity contribution in [3.8, 4) is 0 Å². The van der Waals surface area contributed by atoms with Crippen molar-refractivity contribution in [2.24, 2.45) is 0 Å². The minimum atomic E-state index is -5.72. The zero-order chi connectivity index (χ0) is 41.1. The standard InChI is InChI=1S/C15H15F6NO2S2.C10H8F3NO2S2.C9H9NS/c1-10-11-6-2-3-7-12(11)25-13(10)22(26(23,24)15(19,20)21)9-5-4-8-14(16,17)18;1-6-7-4-2-3-5-8(7)17-9(6)14-18(15,16)10(11,12)13;1-6-7-4-2-3-5-8(7)11-9(6)10/h2-3,6-7H,4-5,8-9H2,1H3;2-5,14H,1H3;2-5H,10H2,1H3. The van der Waals surface area contributed by atoms with Crippen LogP contribution in [0.25, 0.3) is 30.3 Å². The van der Waals surface area contributed by atoms with E-state index < -0.39 is 56.6 Å². The largest absolute Gasteiger partial charge is 0.516 e. The summed E-state index contributed by atoms with van der Waals surface area (Å²) in [5.41, 5.74) is -3.04. The van der Waals surface area contributed by atoms with E-state index in [2.05, 4.69) is 19.1 Å². The highest BCUT2D eigenvalue weighted by Gasteiger charge is 2.51. The summed E-state index contributed by atoms with van der Waals surface area (Å²) in [6.07, 6.45) is -6.43. The van der Waals surface area contributed by atoms with Crippen LogP contribution in [0.15, 0.2) is 72.8 Å². The third-order valence-electron chi connectivity index (χ3n) is 7.96. The monoisotopic (exact) mass is 877 g/mol. The van der Waals surface area contributed by atoms with Crippen LogP contribution in [-0.4, -0.2) is 40.6 Å². The molecule has 55 heavy (non-hydrogen) atoms. The fourth-order valence-corrected chi connectivity index (χ4v) is 10.6. The maximum Gasteiger partial charge on any atom is 0.516 e. The van der Waals surface area contributed by atoms with Gasteiger partial charge >= 0.3 is 37.2 Å². The molecule has 0 atom stereocenters. The number of unbranched alkanes of at least 4 members (excludes halogenated alkanes) is 1. The number of halogens is 9. The fourth-order valence-electron chi connectivity index (χ4n) is 5.08. The number of hydrogen-bond acceptors (Lipinski definition) is 8. The summed E-state index contributed by atoms with van der Waals surface area (Å²) >= 11 is 3.50. The molecule has 0 saturated carbocycles. The van der Waals surface area contributed by atoms with Crippen LogP contribution in [0.4, 0.5) is 54.5 Å². The van der Waals surface area contributed by atoms with E-state index in [0.717, 1.165) is 37.8 Å². The fraction of sp³-hybridized carbons (Fsp3) is 0.294. The van der Waals surface area contributed by atoms with Gasteiger partial charge in [0.25, 0.3) is 0 Å². The lowest BCUT2D eigenvalue weighted by molar-refractivity contribution is -0.135. The normalized spacial score (nSPS) is 12.7. The summed E-state index contributed by atoms with van der Waals surface area (Å²) < 4.78 is 163. The number of nitrogen functional groups attached to an aromatic ring is 1. The van der Waals surface area contributed by atoms with E-state index in [1.807, 2.05) is 12.1 Å². The summed E-state index contributed by atoms with van der Waals surface area (Å²) in [4.78, 5) is 0. The van der Waals surface area contributed by atoms with Gasteiger partial charge < -0.3 is 5.73 Å². The van der Waals surface area contributed by atoms with Gasteiger partial charge in [0.15, 0.2) is 0 Å². The highest BCUT2D eigenvalue weighted by atomic mass is 32.2. The quantitative estimate of drug-likeness (QED) is 0.117. The van der Waals surface area contributed by atoms with Crippen LogP contribution in [0.5, 0.6) is 0 Å². The summed E-state index contributed by atoms with van der Waals surface area (Å²) in [5, 5.41) is 3.43. The second kappa shape index (κ2) is 16.7. The Morgan fingerprint density at radius 2 is 1.07 bits per heavy atom. The first kappa shape index (κ1) is 43.9. The number of rotatable bonds is 8. The number of nitrogens with zero attached hydrogens (tertiary/aromatic N) is 1. The van der Waals surface area contributed by atoms with Crippen LogP contribution in [0.1, 0.15) is 36.0 Å². The molecule has 0 saturated heterocycles. The highest BCUT2D eigenvalue weighted by molar-refractivity contribution is 7.94. The van der Waals surface area contributed by atoms with E-state index in [0.29, 0.717) is 21.2 Å². The number of anilines is 3. The second-order valence-corrected chi connectivity index (χ2v) is 18.5. The van der Waals surface area contributed by atoms with Crippen molar-refractivity contribution in [2.45, 2.75) is 57.2 Å². The van der Waals surface area contributed by atoms with E-state index in [4.69, 9.17) is 5.73 Å². The maximum absolute atomic E-state index is 13.0. The first-order chi connectivity index (χ1) is 25.4. The maximum atomic E-state index is 13.0. The van der Waals surface area contributed by atoms with Gasteiger partial charge in [-0.25, -0.2) is 0 Å². The van der Waals surface area contributed by atoms with Gasteiger partial charge in [0.2, 0.25) is 0 Å². The molecule has 0 aliphatic heterocycles. The lowest BCUT2D eigenvalue weighted by Crippen LogP contribution is -2.41. The van der Waals surface area contributed by atoms with E-state index in [-0.39, 0.29) is 20.7 Å². The average molecular weight is 878 g/mol. The molecule has 3 aromatic carbocycles. The van der Waals surface area contributed by atoms with Gasteiger partial charge in [-0.05, 0) is 84.7 Å². The van der Waals surface area contributed by atoms with Gasteiger partial charge in [-0.3, -0.25) is 9.03 Å². The lowest BCUT2D eigenvalue weighted by Gasteiger charge is -2.25. The lowest BCUT2D eigenvalue weighted by atomic mass is 10.2. The van der Waals surface area contributed by atoms with Crippen molar-refractivity contribution in [2.75, 3.05) is 21.3 Å². The van der Waals surface area contributed by atoms with E-state index in [1.54, 1.807) is 71.5 Å². The molecule has 0 amide bonds. The number of thiophene rings is 3. The first-order valence-corrected chi connectivity index (χ1v) is 21.2. The number of sulfonamides is 2. The van der Waals surface area contributed by atoms with E-state index in [9.17, 15) is 56.3 Å². The molecule has 0 unspecified atom stereocenters. The number of alkyl halides is 9. The van der Waals surface area contributed by atoms with Gasteiger partial charge in [0.05, 0.1) is 5.00 Å². The van der Waals surface area contributed by atoms with Crippen LogP contribution in [0, 0.1) is 20.8 Å². The Morgan fingerprint density at radius 1 is 0.618 bits per heavy atom. The molecule has 0 bridgehead atoms. The Hall–Kier alpha value is -3.79. The van der Waals surface area contributed by atoms with Gasteiger partial charge in [-0.15, -0.1) is 34.0 Å². The molecule has 0 aliphatic carbocycles. The van der Waals surface area contributed by atoms with E-state index >= 15 is 0 Å². The first-order valence-electron chi connectivity index (χ1n) is 15.8. The Kier molecular flexibility index (Phi) is 13.4. The zero-order valence-corrected chi connectivity index (χ0v) is 32.9. The third kappa shape index (κ3) is 10.3. The van der Waals surface area contributed by atoms with Crippen LogP contribution >= 0.6 is 34.0 Å². The Labute approximate surface area is 322 Å². The number of hydrogen-bond donors (Lipinski definition) is 2. The van der Waals surface area contributed by atoms with Gasteiger partial charge in [0, 0.05) is 27.1 Å². The Balaban J connectivity index is 0.000000199. The van der Waals surface area contributed by atoms with Crippen LogP contribution in [0.3, 0.4) is 0 Å². The second-order valence-electron chi connectivity index (χ2n) is 11.8. The molecule has 3 aromatic heterocycles. The summed E-state index contributed by atoms with van der Waals surface area (Å²) in [7, 11) is -11.1. The summed E-state index contributed by atoms with van der Waals surface area (Å²) in [5.74, 6) is 0.